The van der Waals surface area contributed by atoms with Crippen molar-refractivity contribution in [2.75, 3.05) is 7.11 Å². The van der Waals surface area contributed by atoms with Crippen molar-refractivity contribution in [2.45, 2.75) is 38.3 Å². The molecule has 0 unspecified atom stereocenters. The molecule has 0 bridgehead atoms. The van der Waals surface area contributed by atoms with E-state index in [1.54, 1.807) is 19.2 Å². The molecule has 0 saturated heterocycles. The minimum atomic E-state index is -0.381. The fraction of sp³-hybridized carbons (Fsp3) is 0.538. The molecule has 1 fully saturated rings. The SMILES string of the molecule is COc1ccc([N+](=O)[O-])cc1CNC1(C)CCC1. The van der Waals surface area contributed by atoms with Crippen LogP contribution in [0.15, 0.2) is 18.2 Å². The molecule has 0 spiro atoms. The van der Waals surface area contributed by atoms with E-state index >= 15 is 0 Å². The summed E-state index contributed by atoms with van der Waals surface area (Å²) in [5, 5.41) is 14.2. The van der Waals surface area contributed by atoms with Crippen molar-refractivity contribution in [2.24, 2.45) is 0 Å². The summed E-state index contributed by atoms with van der Waals surface area (Å²) in [5.41, 5.74) is 1.11. The van der Waals surface area contributed by atoms with Crippen LogP contribution in [0.1, 0.15) is 31.7 Å². The average molecular weight is 250 g/mol. The lowest BCUT2D eigenvalue weighted by molar-refractivity contribution is -0.384. The second kappa shape index (κ2) is 4.94. The molecule has 0 aliphatic heterocycles. The van der Waals surface area contributed by atoms with Crippen molar-refractivity contribution >= 4 is 5.69 Å². The number of hydrogen-bond acceptors (Lipinski definition) is 4. The summed E-state index contributed by atoms with van der Waals surface area (Å²) < 4.78 is 5.23. The number of nitro groups is 1. The van der Waals surface area contributed by atoms with Crippen molar-refractivity contribution < 1.29 is 9.66 Å². The van der Waals surface area contributed by atoms with Gasteiger partial charge >= 0.3 is 0 Å². The summed E-state index contributed by atoms with van der Waals surface area (Å²) in [6.07, 6.45) is 3.56. The maximum absolute atomic E-state index is 10.8. The van der Waals surface area contributed by atoms with Gasteiger partial charge in [-0.1, -0.05) is 0 Å². The quantitative estimate of drug-likeness (QED) is 0.644. The zero-order valence-electron chi connectivity index (χ0n) is 10.7. The predicted molar refractivity (Wildman–Crippen MR) is 68.7 cm³/mol. The molecule has 2 rings (SSSR count). The van der Waals surface area contributed by atoms with Gasteiger partial charge in [-0.05, 0) is 32.3 Å². The Labute approximate surface area is 106 Å². The minimum absolute atomic E-state index is 0.103. The molecule has 1 aliphatic carbocycles. The summed E-state index contributed by atoms with van der Waals surface area (Å²) in [5.74, 6) is 0.691. The minimum Gasteiger partial charge on any atom is -0.496 e. The van der Waals surface area contributed by atoms with Gasteiger partial charge in [0.1, 0.15) is 5.75 Å². The van der Waals surface area contributed by atoms with Gasteiger partial charge in [-0.25, -0.2) is 0 Å². The van der Waals surface area contributed by atoms with Gasteiger partial charge in [0.2, 0.25) is 0 Å². The van der Waals surface area contributed by atoms with E-state index in [4.69, 9.17) is 4.74 Å². The van der Waals surface area contributed by atoms with E-state index in [1.807, 2.05) is 0 Å². The highest BCUT2D eigenvalue weighted by molar-refractivity contribution is 5.43. The number of rotatable bonds is 5. The van der Waals surface area contributed by atoms with Gasteiger partial charge in [0.15, 0.2) is 0 Å². The van der Waals surface area contributed by atoms with Crippen molar-refractivity contribution in [1.29, 1.82) is 0 Å². The Kier molecular flexibility index (Phi) is 3.52. The first-order valence-electron chi connectivity index (χ1n) is 6.10. The number of benzene rings is 1. The third kappa shape index (κ3) is 2.61. The Morgan fingerprint density at radius 3 is 2.72 bits per heavy atom. The first-order valence-corrected chi connectivity index (χ1v) is 6.10. The first-order chi connectivity index (χ1) is 8.54. The molecule has 5 nitrogen and oxygen atoms in total. The topological polar surface area (TPSA) is 64.4 Å². The molecule has 1 aliphatic rings. The van der Waals surface area contributed by atoms with Crippen LogP contribution >= 0.6 is 0 Å². The van der Waals surface area contributed by atoms with Gasteiger partial charge in [-0.2, -0.15) is 0 Å². The molecule has 1 saturated carbocycles. The Morgan fingerprint density at radius 2 is 2.22 bits per heavy atom. The van der Waals surface area contributed by atoms with Crippen molar-refractivity contribution in [3.63, 3.8) is 0 Å². The summed E-state index contributed by atoms with van der Waals surface area (Å²) >= 11 is 0. The molecular weight excluding hydrogens is 232 g/mol. The zero-order valence-corrected chi connectivity index (χ0v) is 10.7. The maximum atomic E-state index is 10.8. The molecule has 1 aromatic rings. The molecule has 18 heavy (non-hydrogen) atoms. The van der Waals surface area contributed by atoms with E-state index in [0.29, 0.717) is 12.3 Å². The highest BCUT2D eigenvalue weighted by atomic mass is 16.6. The van der Waals surface area contributed by atoms with E-state index in [1.165, 1.54) is 12.5 Å². The van der Waals surface area contributed by atoms with Gasteiger partial charge in [0.25, 0.3) is 5.69 Å². The third-order valence-electron chi connectivity index (χ3n) is 3.64. The number of hydrogen-bond donors (Lipinski definition) is 1. The van der Waals surface area contributed by atoms with E-state index in [0.717, 1.165) is 18.4 Å². The number of nitrogens with zero attached hydrogens (tertiary/aromatic N) is 1. The largest absolute Gasteiger partial charge is 0.496 e. The Bertz CT molecular complexity index is 456. The fourth-order valence-electron chi connectivity index (χ4n) is 2.21. The summed E-state index contributed by atoms with van der Waals surface area (Å²) in [7, 11) is 1.58. The standard InChI is InChI=1S/C13H18N2O3/c1-13(6-3-7-13)14-9-10-8-11(15(16)17)4-5-12(10)18-2/h4-5,8,14H,3,6-7,9H2,1-2H3. The van der Waals surface area contributed by atoms with Crippen LogP contribution in [0.2, 0.25) is 0 Å². The Balaban J connectivity index is 2.13. The normalized spacial score (nSPS) is 17.0. The molecule has 0 amide bonds. The van der Waals surface area contributed by atoms with Gasteiger partial charge in [-0.3, -0.25) is 10.1 Å². The van der Waals surface area contributed by atoms with Crippen molar-refractivity contribution in [3.05, 3.63) is 33.9 Å². The second-order valence-corrected chi connectivity index (χ2v) is 5.02. The summed E-state index contributed by atoms with van der Waals surface area (Å²) in [6, 6.07) is 4.69. The van der Waals surface area contributed by atoms with E-state index in [9.17, 15) is 10.1 Å². The van der Waals surface area contributed by atoms with Crippen LogP contribution in [0, 0.1) is 10.1 Å². The number of methoxy groups -OCH3 is 1. The molecule has 0 atom stereocenters. The van der Waals surface area contributed by atoms with Crippen LogP contribution in [-0.2, 0) is 6.54 Å². The van der Waals surface area contributed by atoms with Gasteiger partial charge < -0.3 is 10.1 Å². The van der Waals surface area contributed by atoms with Crippen LogP contribution < -0.4 is 10.1 Å². The lowest BCUT2D eigenvalue weighted by atomic mass is 9.78. The van der Waals surface area contributed by atoms with Crippen LogP contribution in [0.5, 0.6) is 5.75 Å². The van der Waals surface area contributed by atoms with Gasteiger partial charge in [-0.15, -0.1) is 0 Å². The second-order valence-electron chi connectivity index (χ2n) is 5.02. The van der Waals surface area contributed by atoms with Gasteiger partial charge in [0, 0.05) is 29.8 Å². The van der Waals surface area contributed by atoms with Gasteiger partial charge in [0.05, 0.1) is 12.0 Å². The maximum Gasteiger partial charge on any atom is 0.270 e. The van der Waals surface area contributed by atoms with Crippen LogP contribution in [0.3, 0.4) is 0 Å². The molecule has 1 N–H and O–H groups in total. The predicted octanol–water partition coefficient (Wildman–Crippen LogP) is 2.64. The Morgan fingerprint density at radius 1 is 1.50 bits per heavy atom. The number of nitro benzene ring substituents is 1. The Hall–Kier alpha value is -1.62. The van der Waals surface area contributed by atoms with E-state index in [2.05, 4.69) is 12.2 Å². The monoisotopic (exact) mass is 250 g/mol. The molecular formula is C13H18N2O3. The number of ether oxygens (including phenoxy) is 1. The van der Waals surface area contributed by atoms with E-state index in [-0.39, 0.29) is 16.1 Å². The highest BCUT2D eigenvalue weighted by Crippen LogP contribution is 2.32. The molecule has 0 heterocycles. The number of non-ortho nitro benzene ring substituents is 1. The fourth-order valence-corrected chi connectivity index (χ4v) is 2.21. The molecule has 0 aromatic heterocycles. The molecule has 0 radical (unpaired) electrons. The lowest BCUT2D eigenvalue weighted by Gasteiger charge is -2.39. The molecule has 98 valence electrons. The van der Waals surface area contributed by atoms with Crippen LogP contribution in [-0.4, -0.2) is 17.6 Å². The van der Waals surface area contributed by atoms with E-state index < -0.39 is 0 Å². The van der Waals surface area contributed by atoms with Crippen molar-refractivity contribution in [3.8, 4) is 5.75 Å². The zero-order chi connectivity index (χ0) is 13.2. The summed E-state index contributed by atoms with van der Waals surface area (Å²) in [6.45, 7) is 2.78. The molecule has 5 heteroatoms. The third-order valence-corrected chi connectivity index (χ3v) is 3.64. The lowest BCUT2D eigenvalue weighted by Crippen LogP contribution is -2.47. The first kappa shape index (κ1) is 12.8. The molecule has 1 aromatic carbocycles. The summed E-state index contributed by atoms with van der Waals surface area (Å²) in [4.78, 5) is 10.4. The number of nitrogens with one attached hydrogen (secondary N) is 1. The van der Waals surface area contributed by atoms with Crippen molar-refractivity contribution in [1.82, 2.24) is 5.32 Å². The van der Waals surface area contributed by atoms with Crippen LogP contribution in [0.25, 0.3) is 0 Å². The smallest absolute Gasteiger partial charge is 0.270 e. The van der Waals surface area contributed by atoms with Crippen LogP contribution in [0.4, 0.5) is 5.69 Å². The average Bonchev–Trinajstić information content (AvgIpc) is 2.33. The highest BCUT2D eigenvalue weighted by Gasteiger charge is 2.31.